The Hall–Kier alpha value is -3.53. The third-order valence-corrected chi connectivity index (χ3v) is 4.17. The van der Waals surface area contributed by atoms with Crippen LogP contribution in [0.3, 0.4) is 0 Å². The summed E-state index contributed by atoms with van der Waals surface area (Å²) in [6.07, 6.45) is 1.79. The Balaban J connectivity index is 1.56. The van der Waals surface area contributed by atoms with E-state index in [1.54, 1.807) is 18.3 Å². The van der Waals surface area contributed by atoms with E-state index >= 15 is 0 Å². The Morgan fingerprint density at radius 1 is 0.885 bits per heavy atom. The van der Waals surface area contributed by atoms with Gasteiger partial charge in [0.1, 0.15) is 0 Å². The predicted octanol–water partition coefficient (Wildman–Crippen LogP) is 4.23. The summed E-state index contributed by atoms with van der Waals surface area (Å²) in [6, 6.07) is 25.2. The summed E-state index contributed by atoms with van der Waals surface area (Å²) in [6.45, 7) is 0.362. The number of fused-ring (bicyclic) bond motifs is 1. The number of nitrogens with zero attached hydrogens (tertiary/aromatic N) is 2. The normalized spacial score (nSPS) is 10.6. The van der Waals surface area contributed by atoms with Crippen LogP contribution in [-0.2, 0) is 6.54 Å². The van der Waals surface area contributed by atoms with E-state index in [4.69, 9.17) is 4.98 Å². The lowest BCUT2D eigenvalue weighted by Gasteiger charge is -2.07. The first-order valence-electron chi connectivity index (χ1n) is 8.44. The van der Waals surface area contributed by atoms with Gasteiger partial charge in [0.25, 0.3) is 5.91 Å². The Kier molecular flexibility index (Phi) is 4.39. The summed E-state index contributed by atoms with van der Waals surface area (Å²) in [5, 5.41) is 3.87. The van der Waals surface area contributed by atoms with Gasteiger partial charge in [0.2, 0.25) is 0 Å². The molecule has 1 amide bonds. The number of amides is 1. The zero-order valence-electron chi connectivity index (χ0n) is 14.1. The van der Waals surface area contributed by atoms with Crippen LogP contribution in [0, 0.1) is 0 Å². The molecule has 0 saturated carbocycles. The second-order valence-electron chi connectivity index (χ2n) is 5.98. The van der Waals surface area contributed by atoms with Gasteiger partial charge in [0.15, 0.2) is 0 Å². The van der Waals surface area contributed by atoms with E-state index in [0.717, 1.165) is 27.9 Å². The van der Waals surface area contributed by atoms with E-state index in [1.807, 2.05) is 66.7 Å². The topological polar surface area (TPSA) is 54.9 Å². The molecule has 4 rings (SSSR count). The number of aromatic nitrogens is 2. The highest BCUT2D eigenvalue weighted by atomic mass is 16.1. The molecule has 4 aromatic rings. The number of carbonyl (C=O) groups excluding carboxylic acids is 1. The number of benzene rings is 2. The fraction of sp³-hybridized carbons (Fsp3) is 0.0455. The fourth-order valence-corrected chi connectivity index (χ4v) is 2.79. The molecule has 2 aromatic heterocycles. The zero-order chi connectivity index (χ0) is 17.8. The largest absolute Gasteiger partial charge is 0.346 e. The van der Waals surface area contributed by atoms with Crippen molar-refractivity contribution in [3.05, 3.63) is 96.3 Å². The molecule has 26 heavy (non-hydrogen) atoms. The van der Waals surface area contributed by atoms with Crippen LogP contribution in [0.5, 0.6) is 0 Å². The van der Waals surface area contributed by atoms with Gasteiger partial charge < -0.3 is 5.32 Å². The molecular formula is C22H17N3O. The lowest BCUT2D eigenvalue weighted by Crippen LogP contribution is -2.23. The fourth-order valence-electron chi connectivity index (χ4n) is 2.79. The summed E-state index contributed by atoms with van der Waals surface area (Å²) in [5.41, 5.74) is 4.27. The maximum Gasteiger partial charge on any atom is 0.251 e. The van der Waals surface area contributed by atoms with E-state index in [2.05, 4.69) is 10.3 Å². The van der Waals surface area contributed by atoms with E-state index in [0.29, 0.717) is 12.1 Å². The van der Waals surface area contributed by atoms with Gasteiger partial charge in [-0.15, -0.1) is 0 Å². The average molecular weight is 339 g/mol. The van der Waals surface area contributed by atoms with Crippen LogP contribution in [-0.4, -0.2) is 15.9 Å². The number of hydrogen-bond acceptors (Lipinski definition) is 3. The van der Waals surface area contributed by atoms with Gasteiger partial charge in [-0.3, -0.25) is 9.78 Å². The summed E-state index contributed by atoms with van der Waals surface area (Å²) >= 11 is 0. The molecule has 0 unspecified atom stereocenters. The van der Waals surface area contributed by atoms with Crippen LogP contribution < -0.4 is 5.32 Å². The molecule has 0 fully saturated rings. The predicted molar refractivity (Wildman–Crippen MR) is 103 cm³/mol. The van der Waals surface area contributed by atoms with Crippen LogP contribution in [0.2, 0.25) is 0 Å². The van der Waals surface area contributed by atoms with Crippen LogP contribution in [0.4, 0.5) is 0 Å². The minimum Gasteiger partial charge on any atom is -0.346 e. The standard InChI is InChI=1S/C22H17N3O/c26-22(17-9-5-2-6-10-17)24-15-19-13-21-18(14-23-19)11-12-20(25-21)16-7-3-1-4-8-16/h1-14H,15H2,(H,24,26). The van der Waals surface area contributed by atoms with Gasteiger partial charge in [0, 0.05) is 22.7 Å². The number of nitrogens with one attached hydrogen (secondary N) is 1. The molecule has 0 spiro atoms. The van der Waals surface area contributed by atoms with E-state index in [-0.39, 0.29) is 5.91 Å². The lowest BCUT2D eigenvalue weighted by atomic mass is 10.1. The Labute approximate surface area is 151 Å². The quantitative estimate of drug-likeness (QED) is 0.605. The highest BCUT2D eigenvalue weighted by Gasteiger charge is 2.06. The molecule has 4 heteroatoms. The minimum absolute atomic E-state index is 0.113. The summed E-state index contributed by atoms with van der Waals surface area (Å²) in [7, 11) is 0. The highest BCUT2D eigenvalue weighted by Crippen LogP contribution is 2.20. The maximum absolute atomic E-state index is 12.2. The molecule has 2 heterocycles. The molecule has 0 saturated heterocycles. The summed E-state index contributed by atoms with van der Waals surface area (Å²) in [5.74, 6) is -0.113. The van der Waals surface area contributed by atoms with E-state index in [9.17, 15) is 4.79 Å². The Morgan fingerprint density at radius 3 is 2.38 bits per heavy atom. The number of hydrogen-bond donors (Lipinski definition) is 1. The monoisotopic (exact) mass is 339 g/mol. The average Bonchev–Trinajstić information content (AvgIpc) is 2.72. The molecule has 126 valence electrons. The number of rotatable bonds is 4. The van der Waals surface area contributed by atoms with Crippen molar-refractivity contribution in [1.82, 2.24) is 15.3 Å². The molecule has 0 aliphatic heterocycles. The molecule has 0 aliphatic rings. The van der Waals surface area contributed by atoms with Crippen LogP contribution in [0.15, 0.2) is 85.1 Å². The highest BCUT2D eigenvalue weighted by molar-refractivity contribution is 5.94. The molecule has 0 aliphatic carbocycles. The van der Waals surface area contributed by atoms with Crippen LogP contribution in [0.1, 0.15) is 16.1 Å². The molecule has 2 aromatic carbocycles. The van der Waals surface area contributed by atoms with Gasteiger partial charge in [-0.1, -0.05) is 48.5 Å². The van der Waals surface area contributed by atoms with Gasteiger partial charge in [-0.25, -0.2) is 4.98 Å². The van der Waals surface area contributed by atoms with Crippen molar-refractivity contribution < 1.29 is 4.79 Å². The lowest BCUT2D eigenvalue weighted by molar-refractivity contribution is 0.0950. The van der Waals surface area contributed by atoms with Crippen molar-refractivity contribution in [2.45, 2.75) is 6.54 Å². The van der Waals surface area contributed by atoms with Gasteiger partial charge in [-0.2, -0.15) is 0 Å². The van der Waals surface area contributed by atoms with Crippen LogP contribution in [0.25, 0.3) is 22.2 Å². The van der Waals surface area contributed by atoms with Crippen molar-refractivity contribution in [2.75, 3.05) is 0 Å². The van der Waals surface area contributed by atoms with Gasteiger partial charge in [-0.05, 0) is 30.3 Å². The molecule has 0 radical (unpaired) electrons. The van der Waals surface area contributed by atoms with E-state index < -0.39 is 0 Å². The summed E-state index contributed by atoms with van der Waals surface area (Å²) < 4.78 is 0. The number of pyridine rings is 2. The molecule has 1 N–H and O–H groups in total. The first-order valence-corrected chi connectivity index (χ1v) is 8.44. The smallest absolute Gasteiger partial charge is 0.251 e. The van der Waals surface area contributed by atoms with Gasteiger partial charge >= 0.3 is 0 Å². The summed E-state index contributed by atoms with van der Waals surface area (Å²) in [4.78, 5) is 21.3. The van der Waals surface area contributed by atoms with E-state index in [1.165, 1.54) is 0 Å². The maximum atomic E-state index is 12.2. The number of carbonyl (C=O) groups is 1. The van der Waals surface area contributed by atoms with Crippen molar-refractivity contribution in [3.8, 4) is 11.3 Å². The second-order valence-corrected chi connectivity index (χ2v) is 5.98. The molecule has 0 atom stereocenters. The van der Waals surface area contributed by atoms with Crippen molar-refractivity contribution in [1.29, 1.82) is 0 Å². The molecular weight excluding hydrogens is 322 g/mol. The minimum atomic E-state index is -0.113. The van der Waals surface area contributed by atoms with Gasteiger partial charge in [0.05, 0.1) is 23.4 Å². The Morgan fingerprint density at radius 2 is 1.62 bits per heavy atom. The molecule has 0 bridgehead atoms. The van der Waals surface area contributed by atoms with Crippen molar-refractivity contribution in [3.63, 3.8) is 0 Å². The SMILES string of the molecule is O=C(NCc1cc2nc(-c3ccccc3)ccc2cn1)c1ccccc1. The second kappa shape index (κ2) is 7.15. The first-order chi connectivity index (χ1) is 12.8. The van der Waals surface area contributed by atoms with Crippen molar-refractivity contribution >= 4 is 16.8 Å². The first kappa shape index (κ1) is 16.0. The molecule has 4 nitrogen and oxygen atoms in total. The third-order valence-electron chi connectivity index (χ3n) is 4.17. The van der Waals surface area contributed by atoms with Crippen LogP contribution >= 0.6 is 0 Å². The van der Waals surface area contributed by atoms with Crippen molar-refractivity contribution in [2.24, 2.45) is 0 Å². The third kappa shape index (κ3) is 3.44. The zero-order valence-corrected chi connectivity index (χ0v) is 14.1. The Bertz CT molecular complexity index is 1050.